The molecular formula is C16H19N3S. The van der Waals surface area contributed by atoms with E-state index in [0.717, 1.165) is 35.4 Å². The molecule has 0 aromatic carbocycles. The molecule has 2 heterocycles. The van der Waals surface area contributed by atoms with Crippen LogP contribution in [0.4, 0.5) is 5.82 Å². The van der Waals surface area contributed by atoms with E-state index in [9.17, 15) is 5.26 Å². The Morgan fingerprint density at radius 1 is 1.35 bits per heavy atom. The summed E-state index contributed by atoms with van der Waals surface area (Å²) in [6, 6.07) is 6.39. The molecule has 0 saturated heterocycles. The van der Waals surface area contributed by atoms with Gasteiger partial charge in [0.2, 0.25) is 0 Å². The molecule has 3 nitrogen and oxygen atoms in total. The predicted octanol–water partition coefficient (Wildman–Crippen LogP) is 4.09. The van der Waals surface area contributed by atoms with Gasteiger partial charge < -0.3 is 5.73 Å². The van der Waals surface area contributed by atoms with E-state index in [1.165, 1.54) is 10.4 Å². The molecule has 0 spiro atoms. The first-order chi connectivity index (χ1) is 9.62. The average Bonchev–Trinajstić information content (AvgIpc) is 2.85. The van der Waals surface area contributed by atoms with Crippen LogP contribution in [0, 0.1) is 18.3 Å². The summed E-state index contributed by atoms with van der Waals surface area (Å²) in [5.41, 5.74) is 9.71. The second-order valence-electron chi connectivity index (χ2n) is 4.80. The van der Waals surface area contributed by atoms with Gasteiger partial charge in [-0.25, -0.2) is 4.98 Å². The number of aromatic nitrogens is 1. The standard InChI is InChI=1S/C16H19N3S/c1-4-6-13-11(5-2)15(12(9-17)16(18)19-13)14-8-7-10(3)20-14/h7-8H,4-6H2,1-3H3,(H2,18,19). The van der Waals surface area contributed by atoms with Gasteiger partial charge >= 0.3 is 0 Å². The van der Waals surface area contributed by atoms with E-state index >= 15 is 0 Å². The molecular weight excluding hydrogens is 266 g/mol. The molecule has 2 aromatic heterocycles. The maximum Gasteiger partial charge on any atom is 0.142 e. The van der Waals surface area contributed by atoms with Crippen LogP contribution in [0.1, 0.15) is 42.0 Å². The first kappa shape index (κ1) is 14.5. The van der Waals surface area contributed by atoms with Crippen molar-refractivity contribution in [1.29, 1.82) is 5.26 Å². The Labute approximate surface area is 124 Å². The fourth-order valence-electron chi connectivity index (χ4n) is 2.47. The fraction of sp³-hybridized carbons (Fsp3) is 0.375. The van der Waals surface area contributed by atoms with Gasteiger partial charge in [0.25, 0.3) is 0 Å². The number of rotatable bonds is 4. The molecule has 0 aliphatic rings. The highest BCUT2D eigenvalue weighted by atomic mass is 32.1. The minimum atomic E-state index is 0.356. The maximum atomic E-state index is 9.44. The second-order valence-corrected chi connectivity index (χ2v) is 6.09. The smallest absolute Gasteiger partial charge is 0.142 e. The van der Waals surface area contributed by atoms with Crippen molar-refractivity contribution in [3.8, 4) is 16.5 Å². The summed E-state index contributed by atoms with van der Waals surface area (Å²) in [4.78, 5) is 6.81. The number of pyridine rings is 1. The van der Waals surface area contributed by atoms with Crippen molar-refractivity contribution >= 4 is 17.2 Å². The molecule has 0 aliphatic heterocycles. The summed E-state index contributed by atoms with van der Waals surface area (Å²) in [6.07, 6.45) is 2.79. The molecule has 0 unspecified atom stereocenters. The van der Waals surface area contributed by atoms with Gasteiger partial charge in [-0.1, -0.05) is 20.3 Å². The highest BCUT2D eigenvalue weighted by molar-refractivity contribution is 7.15. The number of hydrogen-bond acceptors (Lipinski definition) is 4. The Morgan fingerprint density at radius 2 is 2.10 bits per heavy atom. The van der Waals surface area contributed by atoms with Crippen LogP contribution >= 0.6 is 11.3 Å². The summed E-state index contributed by atoms with van der Waals surface area (Å²) in [5.74, 6) is 0.356. The summed E-state index contributed by atoms with van der Waals surface area (Å²) in [7, 11) is 0. The third kappa shape index (κ3) is 2.54. The minimum Gasteiger partial charge on any atom is -0.383 e. The molecule has 2 rings (SSSR count). The summed E-state index contributed by atoms with van der Waals surface area (Å²) in [5, 5.41) is 9.44. The van der Waals surface area contributed by atoms with Gasteiger partial charge in [-0.15, -0.1) is 11.3 Å². The zero-order valence-corrected chi connectivity index (χ0v) is 13.0. The summed E-state index contributed by atoms with van der Waals surface area (Å²) in [6.45, 7) is 6.31. The molecule has 0 radical (unpaired) electrons. The van der Waals surface area contributed by atoms with E-state index in [4.69, 9.17) is 5.73 Å². The SMILES string of the molecule is CCCc1nc(N)c(C#N)c(-c2ccc(C)s2)c1CC. The van der Waals surface area contributed by atoms with Crippen molar-refractivity contribution in [3.63, 3.8) is 0 Å². The maximum absolute atomic E-state index is 9.44. The Morgan fingerprint density at radius 3 is 2.60 bits per heavy atom. The first-order valence-corrected chi connectivity index (χ1v) is 7.72. The van der Waals surface area contributed by atoms with Crippen molar-refractivity contribution in [2.45, 2.75) is 40.0 Å². The Hall–Kier alpha value is -1.86. The Balaban J connectivity index is 2.77. The van der Waals surface area contributed by atoms with E-state index in [-0.39, 0.29) is 0 Å². The third-order valence-electron chi connectivity index (χ3n) is 3.35. The number of nitriles is 1. The molecule has 2 aromatic rings. The van der Waals surface area contributed by atoms with E-state index in [0.29, 0.717) is 11.4 Å². The number of anilines is 1. The van der Waals surface area contributed by atoms with Crippen LogP contribution in [-0.4, -0.2) is 4.98 Å². The van der Waals surface area contributed by atoms with Gasteiger partial charge in [0, 0.05) is 21.0 Å². The van der Waals surface area contributed by atoms with Gasteiger partial charge in [0.1, 0.15) is 17.5 Å². The number of aryl methyl sites for hydroxylation is 2. The molecule has 0 bridgehead atoms. The lowest BCUT2D eigenvalue weighted by Crippen LogP contribution is -2.07. The molecule has 0 saturated carbocycles. The number of nitrogens with zero attached hydrogens (tertiary/aromatic N) is 2. The Bertz CT molecular complexity index is 665. The number of thiophene rings is 1. The van der Waals surface area contributed by atoms with Crippen LogP contribution in [0.2, 0.25) is 0 Å². The predicted molar refractivity (Wildman–Crippen MR) is 84.8 cm³/mol. The molecule has 0 atom stereocenters. The molecule has 20 heavy (non-hydrogen) atoms. The molecule has 0 fully saturated rings. The van der Waals surface area contributed by atoms with Crippen molar-refractivity contribution < 1.29 is 0 Å². The molecule has 0 aliphatic carbocycles. The second kappa shape index (κ2) is 6.06. The van der Waals surface area contributed by atoms with Crippen LogP contribution in [0.3, 0.4) is 0 Å². The van der Waals surface area contributed by atoms with Gasteiger partial charge in [-0.3, -0.25) is 0 Å². The van der Waals surface area contributed by atoms with E-state index in [1.807, 2.05) is 0 Å². The van der Waals surface area contributed by atoms with E-state index in [1.54, 1.807) is 11.3 Å². The van der Waals surface area contributed by atoms with E-state index in [2.05, 4.69) is 44.0 Å². The molecule has 104 valence electrons. The van der Waals surface area contributed by atoms with Crippen molar-refractivity contribution in [2.24, 2.45) is 0 Å². The highest BCUT2D eigenvalue weighted by Gasteiger charge is 2.19. The Kier molecular flexibility index (Phi) is 4.41. The lowest BCUT2D eigenvalue weighted by atomic mass is 9.95. The van der Waals surface area contributed by atoms with Crippen LogP contribution in [-0.2, 0) is 12.8 Å². The van der Waals surface area contributed by atoms with Crippen LogP contribution in [0.25, 0.3) is 10.4 Å². The highest BCUT2D eigenvalue weighted by Crippen LogP contribution is 2.36. The monoisotopic (exact) mass is 285 g/mol. The summed E-state index contributed by atoms with van der Waals surface area (Å²) >= 11 is 1.70. The number of nitrogens with two attached hydrogens (primary N) is 1. The van der Waals surface area contributed by atoms with Gasteiger partial charge in [-0.2, -0.15) is 5.26 Å². The van der Waals surface area contributed by atoms with Crippen LogP contribution in [0.5, 0.6) is 0 Å². The van der Waals surface area contributed by atoms with Crippen molar-refractivity contribution in [3.05, 3.63) is 33.8 Å². The molecule has 4 heteroatoms. The zero-order chi connectivity index (χ0) is 14.7. The number of hydrogen-bond donors (Lipinski definition) is 1. The minimum absolute atomic E-state index is 0.356. The fourth-order valence-corrected chi connectivity index (χ4v) is 3.42. The summed E-state index contributed by atoms with van der Waals surface area (Å²) < 4.78 is 0. The van der Waals surface area contributed by atoms with Crippen LogP contribution in [0.15, 0.2) is 12.1 Å². The van der Waals surface area contributed by atoms with Crippen molar-refractivity contribution in [1.82, 2.24) is 4.98 Å². The molecule has 2 N–H and O–H groups in total. The quantitative estimate of drug-likeness (QED) is 0.920. The van der Waals surface area contributed by atoms with E-state index < -0.39 is 0 Å². The molecule has 0 amide bonds. The van der Waals surface area contributed by atoms with Gasteiger partial charge in [-0.05, 0) is 37.5 Å². The van der Waals surface area contributed by atoms with Gasteiger partial charge in [0.15, 0.2) is 0 Å². The number of nitrogen functional groups attached to an aromatic ring is 1. The zero-order valence-electron chi connectivity index (χ0n) is 12.2. The van der Waals surface area contributed by atoms with Crippen molar-refractivity contribution in [2.75, 3.05) is 5.73 Å². The first-order valence-electron chi connectivity index (χ1n) is 6.90. The van der Waals surface area contributed by atoms with Crippen LogP contribution < -0.4 is 5.73 Å². The lowest BCUT2D eigenvalue weighted by molar-refractivity contribution is 0.860. The topological polar surface area (TPSA) is 62.7 Å². The largest absolute Gasteiger partial charge is 0.383 e. The third-order valence-corrected chi connectivity index (χ3v) is 4.37. The normalized spacial score (nSPS) is 10.5. The average molecular weight is 285 g/mol. The lowest BCUT2D eigenvalue weighted by Gasteiger charge is -2.15. The van der Waals surface area contributed by atoms with Gasteiger partial charge in [0.05, 0.1) is 0 Å².